The topological polar surface area (TPSA) is 146 Å². The van der Waals surface area contributed by atoms with Crippen LogP contribution in [0, 0.1) is 12.7 Å². The minimum Gasteiger partial charge on any atom is -0.465 e. The predicted octanol–water partition coefficient (Wildman–Crippen LogP) is 6.08. The molecule has 236 valence electrons. The number of carbonyl (C=O) groups excluding carboxylic acids is 1. The summed E-state index contributed by atoms with van der Waals surface area (Å²) in [5.41, 5.74) is 8.08. The van der Waals surface area contributed by atoms with Gasteiger partial charge < -0.3 is 21.1 Å². The van der Waals surface area contributed by atoms with Gasteiger partial charge in [-0.05, 0) is 93.1 Å². The number of pyridine rings is 1. The Labute approximate surface area is 261 Å². The van der Waals surface area contributed by atoms with Crippen LogP contribution in [-0.4, -0.2) is 54.3 Å². The van der Waals surface area contributed by atoms with Gasteiger partial charge in [-0.2, -0.15) is 0 Å². The molecule has 0 bridgehead atoms. The first-order valence-electron chi connectivity index (χ1n) is 14.6. The molecule has 4 N–H and O–H groups in total. The number of nitrogen functional groups attached to an aromatic ring is 1. The summed E-state index contributed by atoms with van der Waals surface area (Å²) in [6.07, 6.45) is 1.38. The van der Waals surface area contributed by atoms with E-state index in [1.165, 1.54) is 31.3 Å². The predicted molar refractivity (Wildman–Crippen MR) is 173 cm³/mol. The molecule has 3 aromatic carbocycles. The van der Waals surface area contributed by atoms with Crippen molar-refractivity contribution in [3.63, 3.8) is 0 Å². The van der Waals surface area contributed by atoms with Crippen LogP contribution in [-0.2, 0) is 14.6 Å². The average molecular weight is 634 g/mol. The molecule has 1 aliphatic rings. The highest BCUT2D eigenvalue weighted by Crippen LogP contribution is 2.41. The van der Waals surface area contributed by atoms with Crippen molar-refractivity contribution in [2.75, 3.05) is 29.5 Å². The lowest BCUT2D eigenvalue weighted by Gasteiger charge is -2.32. The second-order valence-electron chi connectivity index (χ2n) is 11.6. The fraction of sp³-hybridized carbons (Fsp3) is 0.303. The number of nitrogens with one attached hydrogen (secondary N) is 1. The summed E-state index contributed by atoms with van der Waals surface area (Å²) in [7, 11) is -2.44. The van der Waals surface area contributed by atoms with E-state index in [0.29, 0.717) is 36.5 Å². The van der Waals surface area contributed by atoms with E-state index < -0.39 is 45.0 Å². The van der Waals surface area contributed by atoms with Crippen LogP contribution in [0.3, 0.4) is 0 Å². The molecular weight excluding hydrogens is 597 g/mol. The van der Waals surface area contributed by atoms with E-state index in [9.17, 15) is 23.1 Å². The number of fused-ring (bicyclic) bond motifs is 1. The van der Waals surface area contributed by atoms with E-state index >= 15 is 4.39 Å². The molecule has 45 heavy (non-hydrogen) atoms. The van der Waals surface area contributed by atoms with Crippen LogP contribution in [0.1, 0.15) is 55.5 Å². The number of hydrogen-bond acceptors (Lipinski definition) is 7. The van der Waals surface area contributed by atoms with Crippen LogP contribution < -0.4 is 16.0 Å². The lowest BCUT2D eigenvalue weighted by atomic mass is 9.99. The lowest BCUT2D eigenvalue weighted by Crippen LogP contribution is -2.38. The number of rotatable bonds is 8. The Hall–Kier alpha value is -4.71. The number of nitrogens with zero attached hydrogens (tertiary/aromatic N) is 3. The van der Waals surface area contributed by atoms with Crippen LogP contribution in [0.4, 0.5) is 26.4 Å². The van der Waals surface area contributed by atoms with Crippen LogP contribution in [0.5, 0.6) is 0 Å². The Balaban J connectivity index is 1.61. The third-order valence-corrected chi connectivity index (χ3v) is 10.5. The van der Waals surface area contributed by atoms with E-state index in [1.807, 2.05) is 6.92 Å². The number of amides is 2. The maximum Gasteiger partial charge on any atom is 0.411 e. The van der Waals surface area contributed by atoms with Crippen molar-refractivity contribution < 1.29 is 27.5 Å². The number of likely N-dealkylation sites (tertiary alicyclic amines) is 1. The van der Waals surface area contributed by atoms with E-state index in [-0.39, 0.29) is 16.1 Å². The summed E-state index contributed by atoms with van der Waals surface area (Å²) >= 11 is 0. The quantitative estimate of drug-likeness (QED) is 0.212. The monoisotopic (exact) mass is 633 g/mol. The van der Waals surface area contributed by atoms with Gasteiger partial charge in [0.1, 0.15) is 17.7 Å². The van der Waals surface area contributed by atoms with E-state index in [2.05, 4.69) is 10.3 Å². The zero-order valence-corrected chi connectivity index (χ0v) is 26.3. The van der Waals surface area contributed by atoms with Crippen molar-refractivity contribution in [1.82, 2.24) is 9.88 Å². The normalized spacial score (nSPS) is 15.8. The molecule has 0 aliphatic carbocycles. The molecule has 0 radical (unpaired) electrons. The molecule has 2 atom stereocenters. The SMILES string of the molecule is Cc1ccc(F)c([C@@H](Nc2ccc3c(N)nccc3c2)C(=O)N2CCC[C@@H]2c2cc(N(C)C(=O)O)ccc2S(=O)(=O)C(C)C)c1. The number of hydrogen-bond donors (Lipinski definition) is 3. The Morgan fingerprint density at radius 2 is 1.87 bits per heavy atom. The maximum absolute atomic E-state index is 15.4. The first kappa shape index (κ1) is 31.7. The molecule has 4 aromatic rings. The van der Waals surface area contributed by atoms with Gasteiger partial charge in [0, 0.05) is 42.1 Å². The fourth-order valence-corrected chi connectivity index (χ4v) is 7.05. The molecule has 1 saturated heterocycles. The Bertz CT molecular complexity index is 1900. The van der Waals surface area contributed by atoms with Gasteiger partial charge in [0.25, 0.3) is 0 Å². The van der Waals surface area contributed by atoms with Gasteiger partial charge in [0.15, 0.2) is 9.84 Å². The Kier molecular flexibility index (Phi) is 8.70. The third-order valence-electron chi connectivity index (χ3n) is 8.31. The fourth-order valence-electron chi connectivity index (χ4n) is 5.76. The van der Waals surface area contributed by atoms with Crippen molar-refractivity contribution >= 4 is 49.8 Å². The molecule has 1 aliphatic heterocycles. The third kappa shape index (κ3) is 6.15. The standard InChI is InChI=1S/C33H36FN5O5S/c1-19(2)45(43,44)29-12-9-23(38(4)33(41)42)18-26(29)28-6-5-15-39(28)32(40)30(25-16-20(3)7-11-27(25)34)37-22-8-10-24-21(17-22)13-14-36-31(24)35/h7-14,16-19,28,30,37H,5-6,15H2,1-4H3,(H2,35,36)(H,41,42)/t28-,30-/m1/s1. The highest BCUT2D eigenvalue weighted by atomic mass is 32.2. The van der Waals surface area contributed by atoms with Crippen molar-refractivity contribution in [2.24, 2.45) is 0 Å². The number of nitrogens with two attached hydrogens (primary N) is 1. The summed E-state index contributed by atoms with van der Waals surface area (Å²) in [5, 5.41) is 13.6. The summed E-state index contributed by atoms with van der Waals surface area (Å²) in [5.74, 6) is -0.648. The van der Waals surface area contributed by atoms with Crippen molar-refractivity contribution in [1.29, 1.82) is 0 Å². The first-order valence-corrected chi connectivity index (χ1v) is 16.2. The highest BCUT2D eigenvalue weighted by molar-refractivity contribution is 7.92. The number of anilines is 3. The smallest absolute Gasteiger partial charge is 0.411 e. The molecule has 0 spiro atoms. The average Bonchev–Trinajstić information content (AvgIpc) is 3.50. The summed E-state index contributed by atoms with van der Waals surface area (Å²) in [4.78, 5) is 33.0. The number of benzene rings is 3. The molecule has 0 unspecified atom stereocenters. The summed E-state index contributed by atoms with van der Waals surface area (Å²) < 4.78 is 42.5. The zero-order chi connectivity index (χ0) is 32.6. The number of aryl methyl sites for hydroxylation is 1. The minimum atomic E-state index is -3.81. The van der Waals surface area contributed by atoms with Gasteiger partial charge in [-0.25, -0.2) is 22.6 Å². The molecule has 1 aromatic heterocycles. The maximum atomic E-state index is 15.4. The molecule has 2 amide bonds. The van der Waals surface area contributed by atoms with Gasteiger partial charge in [-0.3, -0.25) is 9.69 Å². The van der Waals surface area contributed by atoms with Crippen molar-refractivity contribution in [3.8, 4) is 0 Å². The van der Waals surface area contributed by atoms with E-state index in [0.717, 1.165) is 21.2 Å². The van der Waals surface area contributed by atoms with Gasteiger partial charge in [0.2, 0.25) is 5.91 Å². The second-order valence-corrected chi connectivity index (χ2v) is 14.1. The zero-order valence-electron chi connectivity index (χ0n) is 25.5. The van der Waals surface area contributed by atoms with Crippen molar-refractivity contribution in [3.05, 3.63) is 89.4 Å². The van der Waals surface area contributed by atoms with Crippen LogP contribution >= 0.6 is 0 Å². The van der Waals surface area contributed by atoms with Gasteiger partial charge in [-0.1, -0.05) is 17.7 Å². The Morgan fingerprint density at radius 1 is 1.11 bits per heavy atom. The lowest BCUT2D eigenvalue weighted by molar-refractivity contribution is -0.133. The number of carbonyl (C=O) groups is 2. The first-order chi connectivity index (χ1) is 21.3. The highest BCUT2D eigenvalue weighted by Gasteiger charge is 2.39. The van der Waals surface area contributed by atoms with Crippen LogP contribution in [0.25, 0.3) is 10.8 Å². The number of carboxylic acid groups (broad SMARTS) is 1. The van der Waals surface area contributed by atoms with Gasteiger partial charge in [0.05, 0.1) is 16.2 Å². The van der Waals surface area contributed by atoms with E-state index in [1.54, 1.807) is 61.3 Å². The largest absolute Gasteiger partial charge is 0.465 e. The van der Waals surface area contributed by atoms with Gasteiger partial charge >= 0.3 is 6.09 Å². The number of sulfone groups is 1. The molecule has 10 nitrogen and oxygen atoms in total. The number of halogens is 1. The Morgan fingerprint density at radius 3 is 2.58 bits per heavy atom. The summed E-state index contributed by atoms with van der Waals surface area (Å²) in [6, 6.07) is 14.2. The van der Waals surface area contributed by atoms with Crippen LogP contribution in [0.15, 0.2) is 71.8 Å². The van der Waals surface area contributed by atoms with Crippen LogP contribution in [0.2, 0.25) is 0 Å². The minimum absolute atomic E-state index is 0.0386. The summed E-state index contributed by atoms with van der Waals surface area (Å²) in [6.45, 7) is 5.25. The molecule has 0 saturated carbocycles. The number of aromatic nitrogens is 1. The molecule has 1 fully saturated rings. The molecule has 2 heterocycles. The van der Waals surface area contributed by atoms with E-state index in [4.69, 9.17) is 5.73 Å². The van der Waals surface area contributed by atoms with Crippen molar-refractivity contribution in [2.45, 2.75) is 55.8 Å². The molecule has 12 heteroatoms. The second kappa shape index (κ2) is 12.4. The molecular formula is C33H36FN5O5S. The van der Waals surface area contributed by atoms with Gasteiger partial charge in [-0.15, -0.1) is 0 Å². The molecule has 5 rings (SSSR count).